The van der Waals surface area contributed by atoms with Crippen molar-refractivity contribution in [2.75, 3.05) is 80.2 Å². The molecule has 510 valence electrons. The van der Waals surface area contributed by atoms with E-state index in [4.69, 9.17) is 54.6 Å². The maximum Gasteiger partial charge on any atom is 0.373 e. The first kappa shape index (κ1) is 86.2. The molecule has 0 atom stereocenters. The van der Waals surface area contributed by atoms with Gasteiger partial charge in [-0.05, 0) is 39.2 Å². The van der Waals surface area contributed by atoms with Crippen LogP contribution in [0.15, 0.2) is 36.4 Å². The van der Waals surface area contributed by atoms with Gasteiger partial charge in [0.05, 0.1) is 59.0 Å². The standard InChI is InChI=1S/C19H20N2O8.C15H22N4O6.C14H20N2O6.C4H6O3.3CO2.H3N/c1-11-13(5-20-7-15(23)28-16(24)8-20)3-4-14(19(11)27-12(2)22)6-21-9-17(25)29-18(26)10-21;1-18(8-17-9-20)4-10-2-3-11(15(25)14(10)24)5-19(6-12(16)21)7-13(22)23;1-15(2)5-9-3-4-10(14(22)13(9)21)6-16(7-11(17)18)8-12(19)20;1-3(5)7-4(2)6;3*2-1-3;/h3-4H,5-10H2,1-2H3;2-3,9,24-25H,4-8H2,1H3,(H2,16,21)(H,17,20)(H,22,23);3-4,21-22H,5-8H2,1-2H3,(H,17,18)(H,19,20);1-2H3;;;;1H3. The number of carboxylic acids is 3. The van der Waals surface area contributed by atoms with Gasteiger partial charge in [0, 0.05) is 87.9 Å². The fourth-order valence-corrected chi connectivity index (χ4v) is 7.83. The number of benzene rings is 3. The highest BCUT2D eigenvalue weighted by Gasteiger charge is 2.29. The summed E-state index contributed by atoms with van der Waals surface area (Å²) in [5.74, 6) is -9.38. The Morgan fingerprint density at radius 3 is 1.16 bits per heavy atom. The molecule has 2 aliphatic heterocycles. The molecule has 2 aliphatic rings. The molecule has 0 aliphatic carbocycles. The third kappa shape index (κ3) is 37.5. The largest absolute Gasteiger partial charge is 0.504 e. The highest BCUT2D eigenvalue weighted by Crippen LogP contribution is 2.35. The number of cyclic esters (lactones) is 4. The van der Waals surface area contributed by atoms with Gasteiger partial charge < -0.3 is 76.8 Å². The smallest absolute Gasteiger partial charge is 0.373 e. The molecule has 3 aromatic carbocycles. The molecule has 0 unspecified atom stereocenters. The van der Waals surface area contributed by atoms with Crippen molar-refractivity contribution in [2.24, 2.45) is 5.73 Å². The minimum absolute atomic E-state index is 0. The zero-order valence-electron chi connectivity index (χ0n) is 51.2. The monoisotopic (exact) mass is 1320 g/mol. The molecule has 5 rings (SSSR count). The average Bonchev–Trinajstić information content (AvgIpc) is 0.868. The fourth-order valence-electron chi connectivity index (χ4n) is 7.83. The predicted molar refractivity (Wildman–Crippen MR) is 303 cm³/mol. The van der Waals surface area contributed by atoms with E-state index in [0.29, 0.717) is 41.0 Å². The van der Waals surface area contributed by atoms with Crippen LogP contribution >= 0.6 is 0 Å². The van der Waals surface area contributed by atoms with Crippen molar-refractivity contribution in [1.82, 2.24) is 40.9 Å². The second kappa shape index (κ2) is 46.1. The van der Waals surface area contributed by atoms with Crippen LogP contribution < -0.4 is 21.9 Å². The SMILES string of the molecule is CC(=O)OC(C)=O.CC(=O)Oc1c(CN2CC(=O)OC(=O)C2)ccc(CN2CC(=O)OC(=O)C2)c1C.CN(C)Cc1ccc(CN(CC(=O)O)CC(=O)O)c(O)c1O.CN(CNC=O)Cc1ccc(CN(CC(N)=O)CC(=O)O)c(O)c1O.N.O=C=O.O=C=O.O=C=O. The van der Waals surface area contributed by atoms with Crippen LogP contribution in [0.1, 0.15) is 59.7 Å². The molecule has 0 radical (unpaired) electrons. The fraction of sp³-hybridized carbons (Fsp3) is 0.400. The number of rotatable bonds is 24. The number of nitrogens with two attached hydrogens (primary N) is 1. The Morgan fingerprint density at radius 1 is 0.548 bits per heavy atom. The molecule has 0 spiro atoms. The number of carbonyl (C=O) groups excluding carboxylic acids is 15. The predicted octanol–water partition coefficient (Wildman–Crippen LogP) is -3.07. The van der Waals surface area contributed by atoms with Gasteiger partial charge in [0.15, 0.2) is 23.0 Å². The van der Waals surface area contributed by atoms with Crippen molar-refractivity contribution >= 4 is 90.5 Å². The highest BCUT2D eigenvalue weighted by molar-refractivity contribution is 5.91. The number of aromatic hydroxyl groups is 4. The number of phenolic OH excluding ortho intramolecular Hbond substituents is 4. The van der Waals surface area contributed by atoms with Crippen LogP contribution in [-0.4, -0.2) is 236 Å². The molecule has 2 saturated heterocycles. The average molecular weight is 1320 g/mol. The van der Waals surface area contributed by atoms with Crippen LogP contribution in [0, 0.1) is 6.92 Å². The first-order valence-corrected chi connectivity index (χ1v) is 25.9. The molecule has 2 amide bonds. The summed E-state index contributed by atoms with van der Waals surface area (Å²) in [7, 11) is 5.33. The molecule has 38 heteroatoms. The van der Waals surface area contributed by atoms with Crippen LogP contribution in [0.4, 0.5) is 0 Å². The van der Waals surface area contributed by atoms with Gasteiger partial charge in [0.2, 0.25) is 12.3 Å². The van der Waals surface area contributed by atoms with Crippen LogP contribution in [0.2, 0.25) is 0 Å². The lowest BCUT2D eigenvalue weighted by molar-refractivity contribution is -0.193. The summed E-state index contributed by atoms with van der Waals surface area (Å²) in [4.78, 5) is 189. The summed E-state index contributed by atoms with van der Waals surface area (Å²) < 4.78 is 18.4. The van der Waals surface area contributed by atoms with E-state index in [-0.39, 0.29) is 125 Å². The van der Waals surface area contributed by atoms with Gasteiger partial charge in [-0.15, -0.1) is 0 Å². The Balaban J connectivity index is -0.00000117. The second-order valence-corrected chi connectivity index (χ2v) is 19.1. The normalized spacial score (nSPS) is 12.1. The molecule has 13 N–H and O–H groups in total. The van der Waals surface area contributed by atoms with Crippen LogP contribution in [0.5, 0.6) is 28.7 Å². The molecule has 38 nitrogen and oxygen atoms in total. The van der Waals surface area contributed by atoms with Gasteiger partial charge in [-0.3, -0.25) is 82.0 Å². The maximum atomic E-state index is 11.6. The molecule has 0 aromatic heterocycles. The van der Waals surface area contributed by atoms with Crippen molar-refractivity contribution < 1.29 is 141 Å². The highest BCUT2D eigenvalue weighted by atomic mass is 16.6. The Kier molecular flexibility index (Phi) is 42.7. The molecule has 3 aromatic rings. The van der Waals surface area contributed by atoms with E-state index < -0.39 is 91.0 Å². The number of ether oxygens (including phenoxy) is 4. The number of nitrogens with zero attached hydrogens (tertiary/aromatic N) is 6. The first-order valence-electron chi connectivity index (χ1n) is 25.9. The van der Waals surface area contributed by atoms with Gasteiger partial charge in [-0.1, -0.05) is 36.4 Å². The van der Waals surface area contributed by atoms with Crippen LogP contribution in [0.25, 0.3) is 0 Å². The topological polar surface area (TPSA) is 578 Å². The van der Waals surface area contributed by atoms with Gasteiger partial charge >= 0.3 is 78.1 Å². The third-order valence-electron chi connectivity index (χ3n) is 11.0. The molecule has 0 bridgehead atoms. The number of esters is 7. The maximum absolute atomic E-state index is 11.6. The molecular formula is C55H71N9O29. The number of hydrogen-bond acceptors (Lipinski definition) is 33. The Hall–Kier alpha value is -11.0. The van der Waals surface area contributed by atoms with Gasteiger partial charge in [0.1, 0.15) is 5.75 Å². The number of carboxylic acid groups (broad SMARTS) is 3. The summed E-state index contributed by atoms with van der Waals surface area (Å²) in [5.41, 5.74) is 8.62. The van der Waals surface area contributed by atoms with E-state index in [1.54, 1.807) is 59.0 Å². The lowest BCUT2D eigenvalue weighted by atomic mass is 10.0. The van der Waals surface area contributed by atoms with Gasteiger partial charge in [-0.2, -0.15) is 28.8 Å². The Morgan fingerprint density at radius 2 is 0.860 bits per heavy atom. The minimum Gasteiger partial charge on any atom is -0.504 e. The molecule has 93 heavy (non-hydrogen) atoms. The van der Waals surface area contributed by atoms with E-state index >= 15 is 0 Å². The minimum atomic E-state index is -1.17. The summed E-state index contributed by atoms with van der Waals surface area (Å²) in [5, 5.41) is 69.2. The Bertz CT molecular complexity index is 3090. The zero-order chi connectivity index (χ0) is 71.0. The van der Waals surface area contributed by atoms with Crippen molar-refractivity contribution in [3.05, 3.63) is 75.3 Å². The molecular weight excluding hydrogens is 1250 g/mol. The molecule has 2 fully saturated rings. The lowest BCUT2D eigenvalue weighted by Gasteiger charge is -2.27. The van der Waals surface area contributed by atoms with Crippen molar-refractivity contribution in [3.8, 4) is 28.7 Å². The van der Waals surface area contributed by atoms with Crippen molar-refractivity contribution in [2.45, 2.75) is 67.0 Å². The second-order valence-electron chi connectivity index (χ2n) is 19.1. The number of nitrogens with one attached hydrogen (secondary N) is 1. The van der Waals surface area contributed by atoms with Crippen molar-refractivity contribution in [3.63, 3.8) is 0 Å². The third-order valence-corrected chi connectivity index (χ3v) is 11.0. The summed E-state index contributed by atoms with van der Waals surface area (Å²) in [6.07, 6.45) is 1.30. The molecule has 2 heterocycles. The number of amides is 2. The molecule has 0 saturated carbocycles. The number of morpholine rings is 2. The first-order chi connectivity index (χ1) is 43.0. The quantitative estimate of drug-likeness (QED) is 0.00809. The van der Waals surface area contributed by atoms with Gasteiger partial charge in [-0.25, -0.2) is 0 Å². The van der Waals surface area contributed by atoms with E-state index in [0.717, 1.165) is 10.5 Å². The van der Waals surface area contributed by atoms with E-state index in [1.165, 1.54) is 31.7 Å². The zero-order valence-corrected chi connectivity index (χ0v) is 51.2. The number of aliphatic carboxylic acids is 3. The summed E-state index contributed by atoms with van der Waals surface area (Å²) >= 11 is 0. The van der Waals surface area contributed by atoms with E-state index in [9.17, 15) is 78.0 Å². The number of hydrogen-bond donors (Lipinski definition) is 10. The summed E-state index contributed by atoms with van der Waals surface area (Å²) in [6.45, 7) is 4.83. The number of carbonyl (C=O) groups is 12. The summed E-state index contributed by atoms with van der Waals surface area (Å²) in [6, 6.07) is 9.79. The van der Waals surface area contributed by atoms with E-state index in [2.05, 4.69) is 19.5 Å². The van der Waals surface area contributed by atoms with Crippen molar-refractivity contribution in [1.29, 1.82) is 0 Å². The number of primary amides is 1. The Labute approximate surface area is 528 Å². The van der Waals surface area contributed by atoms with E-state index in [1.807, 2.05) is 19.0 Å². The van der Waals surface area contributed by atoms with Crippen LogP contribution in [0.3, 0.4) is 0 Å². The van der Waals surface area contributed by atoms with Crippen LogP contribution in [-0.2, 0) is 140 Å². The lowest BCUT2D eigenvalue weighted by Crippen LogP contribution is -2.42. The van der Waals surface area contributed by atoms with Gasteiger partial charge in [0.25, 0.3) is 0 Å². The number of phenols is 4.